The molecule has 0 saturated heterocycles. The molecule has 0 aliphatic carbocycles. The number of hydrogen-bond acceptors (Lipinski definition) is 3. The lowest BCUT2D eigenvalue weighted by molar-refractivity contribution is -0.00994. The van der Waals surface area contributed by atoms with Crippen molar-refractivity contribution in [3.63, 3.8) is 0 Å². The molecule has 0 fully saturated rings. The lowest BCUT2D eigenvalue weighted by Gasteiger charge is -2.33. The summed E-state index contributed by atoms with van der Waals surface area (Å²) in [5.74, 6) is -0.318. The standard InChI is InChI=1S/C11H17FN2O/c1-11(2,15-4)10(13-3)8-5-6-14-7-9(8)12/h5-7,10,13H,1-4H3. The van der Waals surface area contributed by atoms with E-state index in [0.29, 0.717) is 5.56 Å². The van der Waals surface area contributed by atoms with Crippen LogP contribution in [0.15, 0.2) is 18.5 Å². The molecule has 1 N–H and O–H groups in total. The second kappa shape index (κ2) is 4.68. The smallest absolute Gasteiger partial charge is 0.146 e. The highest BCUT2D eigenvalue weighted by molar-refractivity contribution is 5.20. The number of likely N-dealkylation sites (N-methyl/N-ethyl adjacent to an activating group) is 1. The SMILES string of the molecule is CNC(c1ccncc1F)C(C)(C)OC. The topological polar surface area (TPSA) is 34.2 Å². The van der Waals surface area contributed by atoms with Crippen LogP contribution in [-0.4, -0.2) is 24.7 Å². The Morgan fingerprint density at radius 3 is 2.67 bits per heavy atom. The summed E-state index contributed by atoms with van der Waals surface area (Å²) < 4.78 is 18.9. The first kappa shape index (κ1) is 12.1. The fourth-order valence-corrected chi connectivity index (χ4v) is 1.62. The van der Waals surface area contributed by atoms with Crippen LogP contribution in [-0.2, 0) is 4.74 Å². The molecule has 1 atom stereocenters. The highest BCUT2D eigenvalue weighted by atomic mass is 19.1. The van der Waals surface area contributed by atoms with Crippen molar-refractivity contribution in [3.05, 3.63) is 29.8 Å². The largest absolute Gasteiger partial charge is 0.377 e. The molecule has 0 bridgehead atoms. The number of halogens is 1. The van der Waals surface area contributed by atoms with Crippen molar-refractivity contribution in [2.75, 3.05) is 14.2 Å². The van der Waals surface area contributed by atoms with Gasteiger partial charge in [-0.25, -0.2) is 4.39 Å². The summed E-state index contributed by atoms with van der Waals surface area (Å²) in [6.07, 6.45) is 2.79. The number of rotatable bonds is 4. The van der Waals surface area contributed by atoms with Crippen molar-refractivity contribution in [1.29, 1.82) is 0 Å². The Hall–Kier alpha value is -1.00. The molecule has 84 valence electrons. The maximum absolute atomic E-state index is 13.5. The van der Waals surface area contributed by atoms with Crippen LogP contribution in [0.1, 0.15) is 25.5 Å². The summed E-state index contributed by atoms with van der Waals surface area (Å²) in [4.78, 5) is 3.73. The van der Waals surface area contributed by atoms with E-state index in [1.165, 1.54) is 6.20 Å². The monoisotopic (exact) mass is 212 g/mol. The number of aromatic nitrogens is 1. The van der Waals surface area contributed by atoms with Crippen molar-refractivity contribution in [1.82, 2.24) is 10.3 Å². The van der Waals surface area contributed by atoms with Gasteiger partial charge in [-0.3, -0.25) is 4.98 Å². The summed E-state index contributed by atoms with van der Waals surface area (Å²) in [5, 5.41) is 3.06. The van der Waals surface area contributed by atoms with Gasteiger partial charge in [0.2, 0.25) is 0 Å². The second-order valence-corrected chi connectivity index (χ2v) is 3.93. The summed E-state index contributed by atoms with van der Waals surface area (Å²) in [7, 11) is 3.40. The second-order valence-electron chi connectivity index (χ2n) is 3.93. The number of ether oxygens (including phenoxy) is 1. The molecule has 0 aliphatic heterocycles. The number of pyridine rings is 1. The Bertz CT molecular complexity index is 328. The third-order valence-electron chi connectivity index (χ3n) is 2.62. The molecule has 1 rings (SSSR count). The Balaban J connectivity index is 3.08. The molecule has 0 spiro atoms. The fourth-order valence-electron chi connectivity index (χ4n) is 1.62. The molecule has 15 heavy (non-hydrogen) atoms. The highest BCUT2D eigenvalue weighted by Crippen LogP contribution is 2.29. The maximum atomic E-state index is 13.5. The molecule has 3 nitrogen and oxygen atoms in total. The van der Waals surface area contributed by atoms with Gasteiger partial charge in [-0.1, -0.05) is 0 Å². The van der Waals surface area contributed by atoms with E-state index >= 15 is 0 Å². The minimum atomic E-state index is -0.475. The Morgan fingerprint density at radius 2 is 2.20 bits per heavy atom. The Labute approximate surface area is 89.7 Å². The molecule has 1 heterocycles. The first-order chi connectivity index (χ1) is 7.03. The van der Waals surface area contributed by atoms with Gasteiger partial charge in [0.25, 0.3) is 0 Å². The van der Waals surface area contributed by atoms with Crippen LogP contribution >= 0.6 is 0 Å². The average molecular weight is 212 g/mol. The molecule has 1 unspecified atom stereocenters. The quantitative estimate of drug-likeness (QED) is 0.827. The van der Waals surface area contributed by atoms with Crippen molar-refractivity contribution < 1.29 is 9.13 Å². The molecule has 0 aliphatic rings. The zero-order valence-corrected chi connectivity index (χ0v) is 9.54. The van der Waals surface area contributed by atoms with Gasteiger partial charge >= 0.3 is 0 Å². The molecule has 1 aromatic rings. The summed E-state index contributed by atoms with van der Waals surface area (Å²) in [6.45, 7) is 3.82. The van der Waals surface area contributed by atoms with Gasteiger partial charge in [0, 0.05) is 18.9 Å². The summed E-state index contributed by atoms with van der Waals surface area (Å²) >= 11 is 0. The van der Waals surface area contributed by atoms with Crippen LogP contribution in [0.3, 0.4) is 0 Å². The van der Waals surface area contributed by atoms with E-state index in [4.69, 9.17) is 4.74 Å². The van der Waals surface area contributed by atoms with Gasteiger partial charge in [-0.15, -0.1) is 0 Å². The average Bonchev–Trinajstić information content (AvgIpc) is 2.21. The molecule has 0 amide bonds. The van der Waals surface area contributed by atoms with Crippen LogP contribution in [0.4, 0.5) is 4.39 Å². The summed E-state index contributed by atoms with van der Waals surface area (Å²) in [6, 6.07) is 1.46. The number of nitrogens with one attached hydrogen (secondary N) is 1. The normalized spacial score (nSPS) is 13.9. The van der Waals surface area contributed by atoms with Crippen molar-refractivity contribution in [2.45, 2.75) is 25.5 Å². The van der Waals surface area contributed by atoms with Crippen LogP contribution in [0.5, 0.6) is 0 Å². The maximum Gasteiger partial charge on any atom is 0.146 e. The zero-order chi connectivity index (χ0) is 11.5. The van der Waals surface area contributed by atoms with Crippen molar-refractivity contribution in [3.8, 4) is 0 Å². The van der Waals surface area contributed by atoms with Gasteiger partial charge < -0.3 is 10.1 Å². The van der Waals surface area contributed by atoms with Gasteiger partial charge in [0.05, 0.1) is 17.8 Å². The molecule has 0 saturated carbocycles. The molecule has 0 radical (unpaired) electrons. The van der Waals surface area contributed by atoms with Gasteiger partial charge in [0.1, 0.15) is 5.82 Å². The zero-order valence-electron chi connectivity index (χ0n) is 9.54. The molecular weight excluding hydrogens is 195 g/mol. The first-order valence-electron chi connectivity index (χ1n) is 4.84. The van der Waals surface area contributed by atoms with E-state index in [0.717, 1.165) is 0 Å². The van der Waals surface area contributed by atoms with Crippen LogP contribution in [0.2, 0.25) is 0 Å². The predicted octanol–water partition coefficient (Wildman–Crippen LogP) is 1.91. The van der Waals surface area contributed by atoms with E-state index in [9.17, 15) is 4.39 Å². The van der Waals surface area contributed by atoms with Gasteiger partial charge in [0.15, 0.2) is 0 Å². The Kier molecular flexibility index (Phi) is 3.77. The first-order valence-corrected chi connectivity index (χ1v) is 4.84. The fraction of sp³-hybridized carbons (Fsp3) is 0.545. The molecule has 0 aromatic carbocycles. The number of methoxy groups -OCH3 is 1. The molecule has 1 aromatic heterocycles. The van der Waals surface area contributed by atoms with Gasteiger partial charge in [-0.2, -0.15) is 0 Å². The minimum Gasteiger partial charge on any atom is -0.377 e. The summed E-state index contributed by atoms with van der Waals surface area (Å²) in [5.41, 5.74) is 0.0936. The Morgan fingerprint density at radius 1 is 1.53 bits per heavy atom. The van der Waals surface area contributed by atoms with Crippen LogP contribution < -0.4 is 5.32 Å². The third kappa shape index (κ3) is 2.52. The number of hydrogen-bond donors (Lipinski definition) is 1. The van der Waals surface area contributed by atoms with Crippen LogP contribution in [0, 0.1) is 5.82 Å². The van der Waals surface area contributed by atoms with E-state index < -0.39 is 5.60 Å². The van der Waals surface area contributed by atoms with E-state index in [1.807, 2.05) is 13.8 Å². The lowest BCUT2D eigenvalue weighted by Crippen LogP contribution is -2.39. The lowest BCUT2D eigenvalue weighted by atomic mass is 9.92. The van der Waals surface area contributed by atoms with E-state index in [1.54, 1.807) is 26.4 Å². The minimum absolute atomic E-state index is 0.203. The van der Waals surface area contributed by atoms with Gasteiger partial charge in [-0.05, 0) is 27.0 Å². The van der Waals surface area contributed by atoms with Crippen LogP contribution in [0.25, 0.3) is 0 Å². The van der Waals surface area contributed by atoms with E-state index in [2.05, 4.69) is 10.3 Å². The van der Waals surface area contributed by atoms with Crippen molar-refractivity contribution in [2.24, 2.45) is 0 Å². The highest BCUT2D eigenvalue weighted by Gasteiger charge is 2.31. The molecular formula is C11H17FN2O. The predicted molar refractivity (Wildman–Crippen MR) is 57.1 cm³/mol. The van der Waals surface area contributed by atoms with Crippen molar-refractivity contribution >= 4 is 0 Å². The third-order valence-corrected chi connectivity index (χ3v) is 2.62. The number of nitrogens with zero attached hydrogens (tertiary/aromatic N) is 1. The van der Waals surface area contributed by atoms with E-state index in [-0.39, 0.29) is 11.9 Å². The molecule has 4 heteroatoms.